The van der Waals surface area contributed by atoms with E-state index < -0.39 is 5.82 Å². The second-order valence-electron chi connectivity index (χ2n) is 2.16. The van der Waals surface area contributed by atoms with E-state index in [4.69, 9.17) is 17.0 Å². The van der Waals surface area contributed by atoms with Gasteiger partial charge in [-0.2, -0.15) is 0 Å². The van der Waals surface area contributed by atoms with Gasteiger partial charge in [-0.05, 0) is 18.2 Å². The lowest BCUT2D eigenvalue weighted by molar-refractivity contribution is 0.401. The highest BCUT2D eigenvalue weighted by molar-refractivity contribution is 6.33. The number of rotatable bonds is 1. The van der Waals surface area contributed by atoms with Crippen LogP contribution in [0.25, 0.3) is 0 Å². The van der Waals surface area contributed by atoms with E-state index in [1.54, 1.807) is 0 Å². The molecule has 0 saturated heterocycles. The zero-order valence-corrected chi connectivity index (χ0v) is 7.15. The Morgan fingerprint density at radius 2 is 2.25 bits per heavy atom. The van der Waals surface area contributed by atoms with Crippen LogP contribution in [0.3, 0.4) is 0 Å². The molecule has 1 aromatic rings. The van der Waals surface area contributed by atoms with Crippen molar-refractivity contribution in [3.05, 3.63) is 34.6 Å². The van der Waals surface area contributed by atoms with Crippen molar-refractivity contribution in [3.8, 4) is 0 Å². The van der Waals surface area contributed by atoms with Gasteiger partial charge in [-0.25, -0.2) is 4.39 Å². The molecule has 0 amide bonds. The highest BCUT2D eigenvalue weighted by Gasteiger charge is 2.06. The molecule has 0 aliphatic heterocycles. The SMILES string of the molecule is COC(=N)c1ccc(F)cc1Cl. The first-order valence-electron chi connectivity index (χ1n) is 3.23. The molecule has 0 unspecified atom stereocenters. The predicted molar refractivity (Wildman–Crippen MR) is 45.2 cm³/mol. The molecule has 2 nitrogen and oxygen atoms in total. The summed E-state index contributed by atoms with van der Waals surface area (Å²) in [6.45, 7) is 0. The van der Waals surface area contributed by atoms with Crippen molar-refractivity contribution < 1.29 is 9.13 Å². The molecule has 4 heteroatoms. The number of hydrogen-bond acceptors (Lipinski definition) is 2. The molecule has 0 bridgehead atoms. The maximum atomic E-state index is 12.5. The van der Waals surface area contributed by atoms with Crippen molar-refractivity contribution in [2.24, 2.45) is 0 Å². The molecule has 0 atom stereocenters. The van der Waals surface area contributed by atoms with Gasteiger partial charge in [0.25, 0.3) is 0 Å². The van der Waals surface area contributed by atoms with E-state index >= 15 is 0 Å². The van der Waals surface area contributed by atoms with Crippen LogP contribution < -0.4 is 0 Å². The van der Waals surface area contributed by atoms with Crippen LogP contribution in [0.5, 0.6) is 0 Å². The van der Waals surface area contributed by atoms with Gasteiger partial charge in [0.15, 0.2) is 0 Å². The normalized spacial score (nSPS) is 9.58. The Kier molecular flexibility index (Phi) is 2.65. The number of hydrogen-bond donors (Lipinski definition) is 1. The summed E-state index contributed by atoms with van der Waals surface area (Å²) in [7, 11) is 1.36. The number of benzene rings is 1. The number of methoxy groups -OCH3 is 1. The van der Waals surface area contributed by atoms with Gasteiger partial charge in [-0.15, -0.1) is 0 Å². The third kappa shape index (κ3) is 1.74. The minimum Gasteiger partial charge on any atom is -0.481 e. The van der Waals surface area contributed by atoms with Gasteiger partial charge in [0.1, 0.15) is 5.82 Å². The van der Waals surface area contributed by atoms with Crippen LogP contribution in [0.15, 0.2) is 18.2 Å². The Bertz CT molecular complexity index is 314. The lowest BCUT2D eigenvalue weighted by Gasteiger charge is -2.03. The number of halogens is 2. The summed E-state index contributed by atoms with van der Waals surface area (Å²) < 4.78 is 17.2. The molecular weight excluding hydrogens is 181 g/mol. The third-order valence-corrected chi connectivity index (χ3v) is 1.69. The summed E-state index contributed by atoms with van der Waals surface area (Å²) in [6, 6.07) is 3.78. The zero-order chi connectivity index (χ0) is 9.14. The van der Waals surface area contributed by atoms with Crippen LogP contribution >= 0.6 is 11.6 Å². The van der Waals surface area contributed by atoms with E-state index in [1.165, 1.54) is 19.2 Å². The molecule has 0 saturated carbocycles. The first kappa shape index (κ1) is 9.00. The van der Waals surface area contributed by atoms with E-state index in [-0.39, 0.29) is 10.9 Å². The summed E-state index contributed by atoms with van der Waals surface area (Å²) in [4.78, 5) is 0. The fourth-order valence-electron chi connectivity index (χ4n) is 0.784. The molecule has 0 spiro atoms. The van der Waals surface area contributed by atoms with Crippen LogP contribution in [0.2, 0.25) is 5.02 Å². The summed E-state index contributed by atoms with van der Waals surface area (Å²) >= 11 is 5.64. The van der Waals surface area contributed by atoms with Gasteiger partial charge >= 0.3 is 0 Å². The minimum absolute atomic E-state index is 0.0694. The Hall–Kier alpha value is -1.09. The maximum Gasteiger partial charge on any atom is 0.214 e. The molecule has 0 aromatic heterocycles. The molecule has 0 aliphatic rings. The van der Waals surface area contributed by atoms with Gasteiger partial charge in [0.05, 0.1) is 17.7 Å². The van der Waals surface area contributed by atoms with E-state index in [9.17, 15) is 4.39 Å². The summed E-state index contributed by atoms with van der Waals surface area (Å²) in [5.41, 5.74) is 0.389. The fraction of sp³-hybridized carbons (Fsp3) is 0.125. The first-order chi connectivity index (χ1) is 5.65. The third-order valence-electron chi connectivity index (χ3n) is 1.38. The Labute approximate surface area is 74.4 Å². The lowest BCUT2D eigenvalue weighted by Crippen LogP contribution is -2.01. The average Bonchev–Trinajstić information content (AvgIpc) is 2.03. The fourth-order valence-corrected chi connectivity index (χ4v) is 1.04. The van der Waals surface area contributed by atoms with Crippen molar-refractivity contribution in [2.45, 2.75) is 0 Å². The zero-order valence-electron chi connectivity index (χ0n) is 6.40. The highest BCUT2D eigenvalue weighted by Crippen LogP contribution is 2.17. The van der Waals surface area contributed by atoms with Gasteiger partial charge in [-0.3, -0.25) is 5.41 Å². The quantitative estimate of drug-likeness (QED) is 0.532. The summed E-state index contributed by atoms with van der Waals surface area (Å²) in [5.74, 6) is -0.493. The predicted octanol–water partition coefficient (Wildman–Crippen LogP) is 2.45. The molecule has 1 rings (SSSR count). The first-order valence-corrected chi connectivity index (χ1v) is 3.61. The van der Waals surface area contributed by atoms with Crippen molar-refractivity contribution in [2.75, 3.05) is 7.11 Å². The standard InChI is InChI=1S/C8H7ClFNO/c1-12-8(11)6-3-2-5(10)4-7(6)9/h2-4,11H,1H3. The van der Waals surface area contributed by atoms with E-state index in [0.29, 0.717) is 5.56 Å². The monoisotopic (exact) mass is 187 g/mol. The van der Waals surface area contributed by atoms with Crippen molar-refractivity contribution in [1.82, 2.24) is 0 Å². The van der Waals surface area contributed by atoms with Gasteiger partial charge in [0, 0.05) is 0 Å². The largest absolute Gasteiger partial charge is 0.481 e. The lowest BCUT2D eigenvalue weighted by atomic mass is 10.2. The van der Waals surface area contributed by atoms with Crippen LogP contribution in [-0.2, 0) is 4.74 Å². The maximum absolute atomic E-state index is 12.5. The Balaban J connectivity index is 3.09. The molecule has 0 heterocycles. The smallest absolute Gasteiger partial charge is 0.214 e. The van der Waals surface area contributed by atoms with E-state index in [0.717, 1.165) is 6.07 Å². The number of ether oxygens (including phenoxy) is 1. The van der Waals surface area contributed by atoms with Gasteiger partial charge < -0.3 is 4.74 Å². The molecular formula is C8H7ClFNO. The van der Waals surface area contributed by atoms with Crippen molar-refractivity contribution in [1.29, 1.82) is 5.41 Å². The molecule has 64 valence electrons. The summed E-state index contributed by atoms with van der Waals surface area (Å²) in [6.07, 6.45) is 0. The molecule has 1 aromatic carbocycles. The Morgan fingerprint density at radius 3 is 2.75 bits per heavy atom. The average molecular weight is 188 g/mol. The number of nitrogens with one attached hydrogen (secondary N) is 1. The molecule has 12 heavy (non-hydrogen) atoms. The summed E-state index contributed by atoms with van der Waals surface area (Å²) in [5, 5.41) is 7.44. The van der Waals surface area contributed by atoms with Gasteiger partial charge in [-0.1, -0.05) is 11.6 Å². The highest BCUT2D eigenvalue weighted by atomic mass is 35.5. The molecule has 0 aliphatic carbocycles. The topological polar surface area (TPSA) is 33.1 Å². The van der Waals surface area contributed by atoms with E-state index in [1.807, 2.05) is 0 Å². The second kappa shape index (κ2) is 3.54. The van der Waals surface area contributed by atoms with Crippen LogP contribution in [0.4, 0.5) is 4.39 Å². The van der Waals surface area contributed by atoms with E-state index in [2.05, 4.69) is 4.74 Å². The van der Waals surface area contributed by atoms with Crippen LogP contribution in [0, 0.1) is 11.2 Å². The Morgan fingerprint density at radius 1 is 1.58 bits per heavy atom. The van der Waals surface area contributed by atoms with Crippen molar-refractivity contribution >= 4 is 17.5 Å². The second-order valence-corrected chi connectivity index (χ2v) is 2.56. The minimum atomic E-state index is -0.423. The molecule has 0 fully saturated rings. The molecule has 0 radical (unpaired) electrons. The molecule has 1 N–H and O–H groups in total. The van der Waals surface area contributed by atoms with Gasteiger partial charge in [0.2, 0.25) is 5.90 Å². The van der Waals surface area contributed by atoms with Crippen molar-refractivity contribution in [3.63, 3.8) is 0 Å². The van der Waals surface area contributed by atoms with Crippen LogP contribution in [0.1, 0.15) is 5.56 Å². The van der Waals surface area contributed by atoms with Crippen LogP contribution in [-0.4, -0.2) is 13.0 Å².